The first-order valence-electron chi connectivity index (χ1n) is 6.15. The van der Waals surface area contributed by atoms with Crippen LogP contribution in [0.1, 0.15) is 37.3 Å². The Kier molecular flexibility index (Phi) is 5.59. The lowest BCUT2D eigenvalue weighted by Gasteiger charge is -2.36. The monoisotopic (exact) mass is 256 g/mol. The number of nitrogens with zero attached hydrogens (tertiary/aromatic N) is 1. The smallest absolute Gasteiger partial charge is 0.0596 e. The van der Waals surface area contributed by atoms with E-state index in [0.29, 0.717) is 12.6 Å². The second-order valence-electron chi connectivity index (χ2n) is 4.83. The van der Waals surface area contributed by atoms with Crippen LogP contribution in [-0.4, -0.2) is 35.2 Å². The Morgan fingerprint density at radius 3 is 2.41 bits per heavy atom. The molecular formula is C13H24N2OS. The first kappa shape index (κ1) is 14.6. The number of thiophene rings is 1. The lowest BCUT2D eigenvalue weighted by molar-refractivity contribution is 0.107. The van der Waals surface area contributed by atoms with Crippen LogP contribution in [-0.2, 0) is 0 Å². The Hall–Kier alpha value is -0.420. The third-order valence-electron chi connectivity index (χ3n) is 3.05. The molecule has 0 saturated carbocycles. The normalized spacial score (nSPS) is 15.5. The Balaban J connectivity index is 3.03. The van der Waals surface area contributed by atoms with E-state index in [9.17, 15) is 5.11 Å². The third-order valence-corrected chi connectivity index (χ3v) is 4.14. The highest BCUT2D eigenvalue weighted by Crippen LogP contribution is 2.31. The molecule has 1 heterocycles. The van der Waals surface area contributed by atoms with Crippen LogP contribution in [0, 0.1) is 6.92 Å². The summed E-state index contributed by atoms with van der Waals surface area (Å²) in [6, 6.07) is 2.76. The van der Waals surface area contributed by atoms with Crippen molar-refractivity contribution in [3.8, 4) is 0 Å². The average Bonchev–Trinajstić information content (AvgIpc) is 2.63. The molecule has 0 aromatic carbocycles. The molecule has 0 bridgehead atoms. The molecular weight excluding hydrogens is 232 g/mol. The van der Waals surface area contributed by atoms with Gasteiger partial charge in [-0.15, -0.1) is 11.3 Å². The highest BCUT2D eigenvalue weighted by Gasteiger charge is 2.27. The van der Waals surface area contributed by atoms with Crippen molar-refractivity contribution in [3.63, 3.8) is 0 Å². The van der Waals surface area contributed by atoms with E-state index in [2.05, 4.69) is 37.1 Å². The molecule has 1 aromatic heterocycles. The topological polar surface area (TPSA) is 49.5 Å². The highest BCUT2D eigenvalue weighted by molar-refractivity contribution is 7.10. The van der Waals surface area contributed by atoms with E-state index in [1.54, 1.807) is 11.3 Å². The van der Waals surface area contributed by atoms with E-state index in [1.165, 1.54) is 10.4 Å². The maximum Gasteiger partial charge on any atom is 0.0596 e. The summed E-state index contributed by atoms with van der Waals surface area (Å²) >= 11 is 1.75. The standard InChI is InChI=1S/C13H24N2OS/c1-9(2)15(6-7-16)12(11(4)14)13-10(3)5-8-17-13/h5,8-9,11-12,16H,6-7,14H2,1-4H3. The first-order chi connectivity index (χ1) is 7.99. The fourth-order valence-corrected chi connectivity index (χ4v) is 3.37. The van der Waals surface area contributed by atoms with Gasteiger partial charge in [0.05, 0.1) is 12.6 Å². The summed E-state index contributed by atoms with van der Waals surface area (Å²) in [6.07, 6.45) is 0. The average molecular weight is 256 g/mol. The zero-order valence-electron chi connectivity index (χ0n) is 11.2. The van der Waals surface area contributed by atoms with Gasteiger partial charge in [-0.1, -0.05) is 0 Å². The minimum atomic E-state index is 0.0568. The van der Waals surface area contributed by atoms with Crippen LogP contribution in [0.2, 0.25) is 0 Å². The van der Waals surface area contributed by atoms with Gasteiger partial charge >= 0.3 is 0 Å². The molecule has 0 amide bonds. The van der Waals surface area contributed by atoms with Gasteiger partial charge in [0.25, 0.3) is 0 Å². The maximum absolute atomic E-state index is 9.20. The number of rotatable bonds is 6. The van der Waals surface area contributed by atoms with Crippen molar-refractivity contribution >= 4 is 11.3 Å². The molecule has 0 aliphatic heterocycles. The summed E-state index contributed by atoms with van der Waals surface area (Å²) in [6.45, 7) is 9.30. The molecule has 0 aliphatic carbocycles. The van der Waals surface area contributed by atoms with E-state index >= 15 is 0 Å². The predicted octanol–water partition coefficient (Wildman–Crippen LogP) is 2.15. The minimum Gasteiger partial charge on any atom is -0.395 e. The Morgan fingerprint density at radius 2 is 2.06 bits per heavy atom. The molecule has 4 heteroatoms. The summed E-state index contributed by atoms with van der Waals surface area (Å²) in [7, 11) is 0. The number of nitrogens with two attached hydrogens (primary N) is 1. The van der Waals surface area contributed by atoms with Gasteiger partial charge in [0, 0.05) is 23.5 Å². The van der Waals surface area contributed by atoms with Gasteiger partial charge in [-0.3, -0.25) is 4.90 Å². The molecule has 0 fully saturated rings. The highest BCUT2D eigenvalue weighted by atomic mass is 32.1. The predicted molar refractivity (Wildman–Crippen MR) is 74.4 cm³/mol. The van der Waals surface area contributed by atoms with E-state index in [-0.39, 0.29) is 18.7 Å². The molecule has 0 aliphatic rings. The van der Waals surface area contributed by atoms with Crippen molar-refractivity contribution < 1.29 is 5.11 Å². The Labute approximate surface area is 108 Å². The number of aliphatic hydroxyl groups is 1. The van der Waals surface area contributed by atoms with Crippen molar-refractivity contribution in [2.24, 2.45) is 5.73 Å². The molecule has 0 saturated heterocycles. The first-order valence-corrected chi connectivity index (χ1v) is 7.03. The largest absolute Gasteiger partial charge is 0.395 e. The SMILES string of the molecule is Cc1ccsc1C(C(C)N)N(CCO)C(C)C. The van der Waals surface area contributed by atoms with Gasteiger partial charge in [-0.25, -0.2) is 0 Å². The number of hydrogen-bond acceptors (Lipinski definition) is 4. The number of aryl methyl sites for hydroxylation is 1. The third kappa shape index (κ3) is 3.52. The van der Waals surface area contributed by atoms with Crippen LogP contribution in [0.5, 0.6) is 0 Å². The summed E-state index contributed by atoms with van der Waals surface area (Å²) in [5.74, 6) is 0. The van der Waals surface area contributed by atoms with Crippen molar-refractivity contribution in [1.29, 1.82) is 0 Å². The summed E-state index contributed by atoms with van der Waals surface area (Å²) < 4.78 is 0. The number of aliphatic hydroxyl groups excluding tert-OH is 1. The van der Waals surface area contributed by atoms with Crippen molar-refractivity contribution in [2.45, 2.75) is 45.8 Å². The minimum absolute atomic E-state index is 0.0568. The van der Waals surface area contributed by atoms with Crippen molar-refractivity contribution in [1.82, 2.24) is 4.90 Å². The van der Waals surface area contributed by atoms with Gasteiger partial charge in [0.15, 0.2) is 0 Å². The zero-order valence-corrected chi connectivity index (χ0v) is 12.0. The maximum atomic E-state index is 9.20. The van der Waals surface area contributed by atoms with E-state index in [1.807, 2.05) is 6.92 Å². The van der Waals surface area contributed by atoms with Gasteiger partial charge in [0.1, 0.15) is 0 Å². The summed E-state index contributed by atoms with van der Waals surface area (Å²) in [4.78, 5) is 3.60. The second kappa shape index (κ2) is 6.50. The Bertz CT molecular complexity index is 336. The molecule has 3 nitrogen and oxygen atoms in total. The van der Waals surface area contributed by atoms with Gasteiger partial charge in [0.2, 0.25) is 0 Å². The second-order valence-corrected chi connectivity index (χ2v) is 5.77. The van der Waals surface area contributed by atoms with Crippen molar-refractivity contribution in [3.05, 3.63) is 21.9 Å². The van der Waals surface area contributed by atoms with E-state index in [0.717, 1.165) is 0 Å². The van der Waals surface area contributed by atoms with E-state index in [4.69, 9.17) is 5.73 Å². The molecule has 0 radical (unpaired) electrons. The number of hydrogen-bond donors (Lipinski definition) is 2. The molecule has 2 unspecified atom stereocenters. The summed E-state index contributed by atoms with van der Waals surface area (Å²) in [5.41, 5.74) is 7.44. The Morgan fingerprint density at radius 1 is 1.41 bits per heavy atom. The lowest BCUT2D eigenvalue weighted by atomic mass is 10.0. The van der Waals surface area contributed by atoms with E-state index < -0.39 is 0 Å². The van der Waals surface area contributed by atoms with Crippen LogP contribution < -0.4 is 5.73 Å². The quantitative estimate of drug-likeness (QED) is 0.820. The molecule has 17 heavy (non-hydrogen) atoms. The van der Waals surface area contributed by atoms with Gasteiger partial charge in [-0.05, 0) is 44.7 Å². The molecule has 3 N–H and O–H groups in total. The van der Waals surface area contributed by atoms with Crippen LogP contribution >= 0.6 is 11.3 Å². The molecule has 0 spiro atoms. The fourth-order valence-electron chi connectivity index (χ4n) is 2.21. The fraction of sp³-hybridized carbons (Fsp3) is 0.692. The van der Waals surface area contributed by atoms with Crippen LogP contribution in [0.15, 0.2) is 11.4 Å². The molecule has 1 rings (SSSR count). The van der Waals surface area contributed by atoms with Crippen molar-refractivity contribution in [2.75, 3.05) is 13.2 Å². The van der Waals surface area contributed by atoms with Crippen LogP contribution in [0.3, 0.4) is 0 Å². The lowest BCUT2D eigenvalue weighted by Crippen LogP contribution is -2.44. The summed E-state index contributed by atoms with van der Waals surface area (Å²) in [5, 5.41) is 11.3. The van der Waals surface area contributed by atoms with Gasteiger partial charge < -0.3 is 10.8 Å². The molecule has 98 valence electrons. The van der Waals surface area contributed by atoms with Crippen LogP contribution in [0.4, 0.5) is 0 Å². The zero-order chi connectivity index (χ0) is 13.0. The molecule has 2 atom stereocenters. The molecule has 1 aromatic rings. The van der Waals surface area contributed by atoms with Gasteiger partial charge in [-0.2, -0.15) is 0 Å². The van der Waals surface area contributed by atoms with Crippen LogP contribution in [0.25, 0.3) is 0 Å².